The van der Waals surface area contributed by atoms with Gasteiger partial charge in [0, 0.05) is 5.56 Å². The summed E-state index contributed by atoms with van der Waals surface area (Å²) >= 11 is 0. The van der Waals surface area contributed by atoms with E-state index in [0.29, 0.717) is 11.1 Å². The molecule has 0 aliphatic rings. The van der Waals surface area contributed by atoms with Crippen molar-refractivity contribution in [2.75, 3.05) is 0 Å². The van der Waals surface area contributed by atoms with Crippen molar-refractivity contribution in [2.24, 2.45) is 0 Å². The maximum Gasteiger partial charge on any atom is 0.323 e. The van der Waals surface area contributed by atoms with Crippen molar-refractivity contribution >= 4 is 16.8 Å². The van der Waals surface area contributed by atoms with Gasteiger partial charge in [0.05, 0.1) is 11.0 Å². The molecule has 72 valence electrons. The van der Waals surface area contributed by atoms with Gasteiger partial charge in [-0.05, 0) is 31.5 Å². The Kier molecular flexibility index (Phi) is 1.77. The molecule has 1 aromatic carbocycles. The number of hydrogen-bond acceptors (Lipinski definition) is 2. The molecule has 0 amide bonds. The number of nitrogens with one attached hydrogen (secondary N) is 2. The summed E-state index contributed by atoms with van der Waals surface area (Å²) in [6.07, 6.45) is 0. The van der Waals surface area contributed by atoms with E-state index in [4.69, 9.17) is 0 Å². The van der Waals surface area contributed by atoms with Crippen molar-refractivity contribution in [2.45, 2.75) is 13.8 Å². The molecule has 2 rings (SSSR count). The predicted molar refractivity (Wildman–Crippen MR) is 53.7 cm³/mol. The van der Waals surface area contributed by atoms with E-state index in [-0.39, 0.29) is 11.5 Å². The van der Waals surface area contributed by atoms with Crippen LogP contribution in [0.3, 0.4) is 0 Å². The molecule has 0 aliphatic heterocycles. The molecule has 2 aromatic rings. The van der Waals surface area contributed by atoms with E-state index in [2.05, 4.69) is 9.97 Å². The molecule has 1 heterocycles. The van der Waals surface area contributed by atoms with Crippen LogP contribution in [-0.2, 0) is 0 Å². The van der Waals surface area contributed by atoms with Crippen molar-refractivity contribution in [3.05, 3.63) is 33.7 Å². The highest BCUT2D eigenvalue weighted by Gasteiger charge is 2.08. The molecule has 4 nitrogen and oxygen atoms in total. The largest absolute Gasteiger partial charge is 0.323 e. The molecule has 4 heteroatoms. The monoisotopic (exact) mass is 190 g/mol. The van der Waals surface area contributed by atoms with Gasteiger partial charge in [0.1, 0.15) is 0 Å². The average molecular weight is 190 g/mol. The number of H-pyrrole nitrogens is 2. The van der Waals surface area contributed by atoms with Crippen LogP contribution >= 0.6 is 0 Å². The second-order valence-electron chi connectivity index (χ2n) is 3.30. The number of rotatable bonds is 1. The first-order valence-electron chi connectivity index (χ1n) is 4.32. The molecule has 0 aliphatic carbocycles. The summed E-state index contributed by atoms with van der Waals surface area (Å²) in [5.74, 6) is 0.00597. The SMILES string of the molecule is CC(=O)c1ccc2[nH]c(=O)[nH]c2c1C. The molecule has 1 aromatic heterocycles. The lowest BCUT2D eigenvalue weighted by molar-refractivity contribution is 0.101. The smallest absolute Gasteiger partial charge is 0.306 e. The Labute approximate surface area is 80.0 Å². The van der Waals surface area contributed by atoms with Gasteiger partial charge >= 0.3 is 5.69 Å². The zero-order valence-electron chi connectivity index (χ0n) is 7.97. The number of aryl methyl sites for hydroxylation is 1. The molecule has 14 heavy (non-hydrogen) atoms. The first-order valence-corrected chi connectivity index (χ1v) is 4.32. The summed E-state index contributed by atoms with van der Waals surface area (Å²) in [7, 11) is 0. The highest BCUT2D eigenvalue weighted by molar-refractivity contribution is 5.99. The summed E-state index contributed by atoms with van der Waals surface area (Å²) in [5, 5.41) is 0. The number of hydrogen-bond donors (Lipinski definition) is 2. The number of aromatic nitrogens is 2. The molecule has 0 unspecified atom stereocenters. The van der Waals surface area contributed by atoms with Gasteiger partial charge in [0.25, 0.3) is 0 Å². The first kappa shape index (κ1) is 8.74. The normalized spacial score (nSPS) is 10.7. The Hall–Kier alpha value is -1.84. The highest BCUT2D eigenvalue weighted by Crippen LogP contribution is 2.17. The Morgan fingerprint density at radius 3 is 2.64 bits per heavy atom. The van der Waals surface area contributed by atoms with Crippen LogP contribution in [0, 0.1) is 6.92 Å². The fraction of sp³-hybridized carbons (Fsp3) is 0.200. The van der Waals surface area contributed by atoms with E-state index in [1.54, 1.807) is 12.1 Å². The minimum absolute atomic E-state index is 0.00597. The predicted octanol–water partition coefficient (Wildman–Crippen LogP) is 1.37. The van der Waals surface area contributed by atoms with Crippen LogP contribution in [0.2, 0.25) is 0 Å². The van der Waals surface area contributed by atoms with E-state index in [1.165, 1.54) is 6.92 Å². The van der Waals surface area contributed by atoms with Crippen molar-refractivity contribution in [1.82, 2.24) is 9.97 Å². The van der Waals surface area contributed by atoms with E-state index < -0.39 is 0 Å². The Bertz CT molecular complexity index is 563. The van der Waals surface area contributed by atoms with E-state index in [1.807, 2.05) is 6.92 Å². The van der Waals surface area contributed by atoms with Crippen LogP contribution in [0.25, 0.3) is 11.0 Å². The number of imidazole rings is 1. The Morgan fingerprint density at radius 2 is 2.00 bits per heavy atom. The van der Waals surface area contributed by atoms with Crippen LogP contribution in [0.1, 0.15) is 22.8 Å². The molecule has 0 fully saturated rings. The topological polar surface area (TPSA) is 65.7 Å². The van der Waals surface area contributed by atoms with E-state index >= 15 is 0 Å². The molecule has 0 saturated heterocycles. The standard InChI is InChI=1S/C10H10N2O2/c1-5-7(6(2)13)3-4-8-9(5)12-10(14)11-8/h3-4H,1-2H3,(H2,11,12,14). The van der Waals surface area contributed by atoms with Crippen molar-refractivity contribution in [3.63, 3.8) is 0 Å². The summed E-state index contributed by atoms with van der Waals surface area (Å²) in [5.41, 5.74) is 2.66. The highest BCUT2D eigenvalue weighted by atomic mass is 16.1. The van der Waals surface area contributed by atoms with E-state index in [0.717, 1.165) is 11.1 Å². The molecular formula is C10H10N2O2. The summed E-state index contributed by atoms with van der Waals surface area (Å²) in [6, 6.07) is 3.46. The lowest BCUT2D eigenvalue weighted by Crippen LogP contribution is -2.00. The number of benzene rings is 1. The van der Waals surface area contributed by atoms with Crippen LogP contribution in [-0.4, -0.2) is 15.8 Å². The fourth-order valence-electron chi connectivity index (χ4n) is 1.63. The molecule has 0 atom stereocenters. The number of carbonyl (C=O) groups excluding carboxylic acids is 1. The van der Waals surface area contributed by atoms with Gasteiger partial charge in [0.2, 0.25) is 0 Å². The third-order valence-electron chi connectivity index (χ3n) is 2.33. The van der Waals surface area contributed by atoms with Crippen molar-refractivity contribution in [1.29, 1.82) is 0 Å². The minimum atomic E-state index is -0.246. The third-order valence-corrected chi connectivity index (χ3v) is 2.33. The van der Waals surface area contributed by atoms with Gasteiger partial charge < -0.3 is 9.97 Å². The second kappa shape index (κ2) is 2.83. The number of aromatic amines is 2. The zero-order chi connectivity index (χ0) is 10.3. The molecular weight excluding hydrogens is 180 g/mol. The quantitative estimate of drug-likeness (QED) is 0.667. The zero-order valence-corrected chi connectivity index (χ0v) is 7.97. The maximum absolute atomic E-state index is 11.2. The third kappa shape index (κ3) is 1.16. The number of carbonyl (C=O) groups is 1. The minimum Gasteiger partial charge on any atom is -0.306 e. The Morgan fingerprint density at radius 1 is 1.29 bits per heavy atom. The number of ketones is 1. The Balaban J connectivity index is 2.87. The van der Waals surface area contributed by atoms with Crippen LogP contribution in [0.15, 0.2) is 16.9 Å². The first-order chi connectivity index (χ1) is 6.59. The fourth-order valence-corrected chi connectivity index (χ4v) is 1.63. The lowest BCUT2D eigenvalue weighted by atomic mass is 10.0. The van der Waals surface area contributed by atoms with Crippen molar-refractivity contribution in [3.8, 4) is 0 Å². The summed E-state index contributed by atoms with van der Waals surface area (Å²) in [6.45, 7) is 3.34. The number of fused-ring (bicyclic) bond motifs is 1. The van der Waals surface area contributed by atoms with Gasteiger partial charge in [-0.3, -0.25) is 4.79 Å². The summed E-state index contributed by atoms with van der Waals surface area (Å²) in [4.78, 5) is 27.5. The summed E-state index contributed by atoms with van der Waals surface area (Å²) < 4.78 is 0. The second-order valence-corrected chi connectivity index (χ2v) is 3.30. The van der Waals surface area contributed by atoms with Crippen LogP contribution < -0.4 is 5.69 Å². The van der Waals surface area contributed by atoms with Gasteiger partial charge in [-0.15, -0.1) is 0 Å². The average Bonchev–Trinajstić information content (AvgIpc) is 2.46. The van der Waals surface area contributed by atoms with Gasteiger partial charge in [-0.2, -0.15) is 0 Å². The van der Waals surface area contributed by atoms with E-state index in [9.17, 15) is 9.59 Å². The van der Waals surface area contributed by atoms with Crippen LogP contribution in [0.5, 0.6) is 0 Å². The van der Waals surface area contributed by atoms with Gasteiger partial charge in [0.15, 0.2) is 5.78 Å². The molecule has 0 saturated carbocycles. The molecule has 0 bridgehead atoms. The molecule has 0 radical (unpaired) electrons. The molecule has 0 spiro atoms. The van der Waals surface area contributed by atoms with Gasteiger partial charge in [-0.1, -0.05) is 0 Å². The lowest BCUT2D eigenvalue weighted by Gasteiger charge is -2.01. The molecule has 2 N–H and O–H groups in total. The maximum atomic E-state index is 11.2. The van der Waals surface area contributed by atoms with Crippen LogP contribution in [0.4, 0.5) is 0 Å². The van der Waals surface area contributed by atoms with Gasteiger partial charge in [-0.25, -0.2) is 4.79 Å². The van der Waals surface area contributed by atoms with Crippen molar-refractivity contribution < 1.29 is 4.79 Å². The number of Topliss-reactive ketones (excluding diaryl/α,β-unsaturated/α-hetero) is 1.